The molecule has 1 N–H and O–H groups in total. The summed E-state index contributed by atoms with van der Waals surface area (Å²) in [4.78, 5) is 24.9. The molecular formula is C17H17FN4O2. The monoisotopic (exact) mass is 328 g/mol. The number of nitrogens with zero attached hydrogens (tertiary/aromatic N) is 4. The molecule has 0 spiro atoms. The average Bonchev–Trinajstić information content (AvgIpc) is 3.38. The van der Waals surface area contributed by atoms with Crippen LogP contribution in [0.3, 0.4) is 0 Å². The largest absolute Gasteiger partial charge is 0.395 e. The molecule has 1 amide bonds. The Bertz CT molecular complexity index is 822. The van der Waals surface area contributed by atoms with Gasteiger partial charge >= 0.3 is 0 Å². The Morgan fingerprint density at radius 1 is 1.38 bits per heavy atom. The summed E-state index contributed by atoms with van der Waals surface area (Å²) in [6.45, 7) is 1.67. The molecule has 3 heterocycles. The van der Waals surface area contributed by atoms with Crippen molar-refractivity contribution in [1.29, 1.82) is 0 Å². The summed E-state index contributed by atoms with van der Waals surface area (Å²) in [5.41, 5.74) is 1.59. The molecule has 0 saturated heterocycles. The van der Waals surface area contributed by atoms with Crippen LogP contribution in [0.1, 0.15) is 28.8 Å². The Balaban J connectivity index is 2.03. The quantitative estimate of drug-likeness (QED) is 0.875. The molecule has 0 unspecified atom stereocenters. The lowest BCUT2D eigenvalue weighted by Gasteiger charge is -2.26. The van der Waals surface area contributed by atoms with E-state index < -0.39 is 5.95 Å². The van der Waals surface area contributed by atoms with E-state index >= 15 is 0 Å². The maximum absolute atomic E-state index is 14.0. The van der Waals surface area contributed by atoms with Gasteiger partial charge in [-0.25, -0.2) is 4.98 Å². The highest BCUT2D eigenvalue weighted by Gasteiger charge is 2.40. The van der Waals surface area contributed by atoms with Crippen molar-refractivity contribution in [2.45, 2.75) is 25.8 Å². The molecule has 24 heavy (non-hydrogen) atoms. The lowest BCUT2D eigenvalue weighted by Crippen LogP contribution is -2.33. The van der Waals surface area contributed by atoms with Crippen LogP contribution in [0.15, 0.2) is 24.4 Å². The predicted molar refractivity (Wildman–Crippen MR) is 87.1 cm³/mol. The van der Waals surface area contributed by atoms with Crippen molar-refractivity contribution < 1.29 is 14.3 Å². The van der Waals surface area contributed by atoms with Gasteiger partial charge in [-0.3, -0.25) is 4.79 Å². The molecule has 2 aliphatic rings. The molecule has 0 aromatic carbocycles. The number of anilines is 3. The van der Waals surface area contributed by atoms with E-state index in [0.29, 0.717) is 28.5 Å². The number of aromatic nitrogens is 2. The second-order valence-electron chi connectivity index (χ2n) is 6.09. The number of aliphatic hydroxyl groups is 1. The van der Waals surface area contributed by atoms with Gasteiger partial charge in [-0.1, -0.05) is 0 Å². The van der Waals surface area contributed by atoms with Gasteiger partial charge in [-0.2, -0.15) is 9.37 Å². The first-order chi connectivity index (χ1) is 11.6. The van der Waals surface area contributed by atoms with Crippen LogP contribution < -0.4 is 9.80 Å². The topological polar surface area (TPSA) is 69.6 Å². The Kier molecular flexibility index (Phi) is 3.45. The average molecular weight is 328 g/mol. The minimum Gasteiger partial charge on any atom is -0.395 e. The first-order valence-corrected chi connectivity index (χ1v) is 7.96. The van der Waals surface area contributed by atoms with Crippen molar-refractivity contribution in [2.75, 3.05) is 23.0 Å². The number of hydrogen-bond acceptors (Lipinski definition) is 5. The number of aryl methyl sites for hydroxylation is 1. The summed E-state index contributed by atoms with van der Waals surface area (Å²) in [6.07, 6.45) is 3.51. The molecule has 0 atom stereocenters. The minimum atomic E-state index is -0.590. The van der Waals surface area contributed by atoms with E-state index in [2.05, 4.69) is 9.97 Å². The lowest BCUT2D eigenvalue weighted by atomic mass is 10.2. The summed E-state index contributed by atoms with van der Waals surface area (Å²) in [6, 6.07) is 4.89. The maximum Gasteiger partial charge on any atom is 0.262 e. The number of aliphatic hydroxyl groups excluding tert-OH is 1. The number of halogens is 1. The highest BCUT2D eigenvalue weighted by molar-refractivity contribution is 6.13. The van der Waals surface area contributed by atoms with Crippen LogP contribution in [0.2, 0.25) is 0 Å². The number of β-amino-alcohol motifs (C(OH)–C–C–N with tert-alkyl or cyclic N) is 1. The van der Waals surface area contributed by atoms with Crippen LogP contribution in [-0.2, 0) is 0 Å². The predicted octanol–water partition coefficient (Wildman–Crippen LogP) is 2.18. The highest BCUT2D eigenvalue weighted by atomic mass is 19.1. The van der Waals surface area contributed by atoms with Gasteiger partial charge in [0, 0.05) is 18.8 Å². The highest BCUT2D eigenvalue weighted by Crippen LogP contribution is 2.45. The number of carbonyl (C=O) groups is 1. The first kappa shape index (κ1) is 15.0. The summed E-state index contributed by atoms with van der Waals surface area (Å²) < 4.78 is 14.0. The molecule has 0 radical (unpaired) electrons. The zero-order chi connectivity index (χ0) is 16.8. The van der Waals surface area contributed by atoms with E-state index in [1.54, 1.807) is 25.3 Å². The van der Waals surface area contributed by atoms with Gasteiger partial charge in [-0.15, -0.1) is 0 Å². The second-order valence-corrected chi connectivity index (χ2v) is 6.09. The van der Waals surface area contributed by atoms with Gasteiger partial charge in [0.15, 0.2) is 5.82 Å². The van der Waals surface area contributed by atoms with Gasteiger partial charge in [0.2, 0.25) is 5.95 Å². The second kappa shape index (κ2) is 5.52. The van der Waals surface area contributed by atoms with Crippen LogP contribution in [0.25, 0.3) is 0 Å². The molecule has 2 aromatic heterocycles. The molecule has 1 fully saturated rings. The zero-order valence-electron chi connectivity index (χ0n) is 13.2. The maximum atomic E-state index is 14.0. The summed E-state index contributed by atoms with van der Waals surface area (Å²) in [5, 5.41) is 9.42. The first-order valence-electron chi connectivity index (χ1n) is 7.96. The van der Waals surface area contributed by atoms with Gasteiger partial charge in [0.05, 0.1) is 17.9 Å². The molecule has 124 valence electrons. The minimum absolute atomic E-state index is 0.118. The Morgan fingerprint density at radius 2 is 2.17 bits per heavy atom. The van der Waals surface area contributed by atoms with E-state index in [1.807, 2.05) is 4.90 Å². The van der Waals surface area contributed by atoms with Gasteiger partial charge in [-0.05, 0) is 43.5 Å². The van der Waals surface area contributed by atoms with Crippen LogP contribution in [0.5, 0.6) is 0 Å². The van der Waals surface area contributed by atoms with Gasteiger partial charge in [0.25, 0.3) is 5.91 Å². The molecule has 2 aromatic rings. The van der Waals surface area contributed by atoms with E-state index in [9.17, 15) is 14.3 Å². The van der Waals surface area contributed by atoms with Gasteiger partial charge < -0.3 is 14.9 Å². The van der Waals surface area contributed by atoms with E-state index in [-0.39, 0.29) is 25.1 Å². The van der Waals surface area contributed by atoms with E-state index in [4.69, 9.17) is 0 Å². The molecule has 6 nitrogen and oxygen atoms in total. The fourth-order valence-electron chi connectivity index (χ4n) is 3.21. The van der Waals surface area contributed by atoms with Crippen molar-refractivity contribution in [3.63, 3.8) is 0 Å². The lowest BCUT2D eigenvalue weighted by molar-refractivity contribution is 0.0982. The van der Waals surface area contributed by atoms with Crippen molar-refractivity contribution in [3.8, 4) is 0 Å². The number of rotatable bonds is 3. The van der Waals surface area contributed by atoms with E-state index in [0.717, 1.165) is 12.8 Å². The Hall–Kier alpha value is -2.54. The third kappa shape index (κ3) is 2.24. The van der Waals surface area contributed by atoms with Crippen molar-refractivity contribution in [2.24, 2.45) is 0 Å². The number of fused-ring (bicyclic) bond motifs is 2. The van der Waals surface area contributed by atoms with Crippen molar-refractivity contribution >= 4 is 23.2 Å². The Morgan fingerprint density at radius 3 is 2.88 bits per heavy atom. The fraction of sp³-hybridized carbons (Fsp3) is 0.353. The molecular weight excluding hydrogens is 311 g/mol. The Labute approximate surface area is 138 Å². The molecule has 1 aliphatic carbocycles. The summed E-state index contributed by atoms with van der Waals surface area (Å²) in [7, 11) is 0. The van der Waals surface area contributed by atoms with Crippen molar-refractivity contribution in [1.82, 2.24) is 9.97 Å². The molecule has 1 aliphatic heterocycles. The SMILES string of the molecule is Cc1cc(F)nc2c1N(CCO)C(=O)c1cccnc1N2C1CC1. The van der Waals surface area contributed by atoms with Crippen molar-refractivity contribution in [3.05, 3.63) is 41.5 Å². The molecule has 0 bridgehead atoms. The number of hydrogen-bond donors (Lipinski definition) is 1. The number of pyridine rings is 2. The van der Waals surface area contributed by atoms with Crippen LogP contribution in [0, 0.1) is 12.9 Å². The normalized spacial score (nSPS) is 16.7. The number of carbonyl (C=O) groups excluding carboxylic acids is 1. The molecule has 4 rings (SSSR count). The molecule has 1 saturated carbocycles. The fourth-order valence-corrected chi connectivity index (χ4v) is 3.21. The number of amides is 1. The standard InChI is InChI=1S/C17H17FN4O2/c1-10-9-13(18)20-16-14(10)21(7-8-23)17(24)12-3-2-6-19-15(12)22(16)11-4-5-11/h2-3,6,9,11,23H,4-5,7-8H2,1H3. The third-order valence-corrected chi connectivity index (χ3v) is 4.36. The van der Waals surface area contributed by atoms with Crippen LogP contribution in [-0.4, -0.2) is 40.2 Å². The summed E-state index contributed by atoms with van der Waals surface area (Å²) in [5.74, 6) is 0.0548. The smallest absolute Gasteiger partial charge is 0.262 e. The zero-order valence-corrected chi connectivity index (χ0v) is 13.2. The third-order valence-electron chi connectivity index (χ3n) is 4.36. The van der Waals surface area contributed by atoms with Gasteiger partial charge in [0.1, 0.15) is 5.82 Å². The molecule has 7 heteroatoms. The van der Waals surface area contributed by atoms with Crippen LogP contribution in [0.4, 0.5) is 21.7 Å². The van der Waals surface area contributed by atoms with Crippen LogP contribution >= 0.6 is 0 Å². The van der Waals surface area contributed by atoms with E-state index in [1.165, 1.54) is 11.0 Å². The summed E-state index contributed by atoms with van der Waals surface area (Å²) >= 11 is 0.